The van der Waals surface area contributed by atoms with Gasteiger partial charge in [0.1, 0.15) is 5.82 Å². The first-order valence-electron chi connectivity index (χ1n) is 5.62. The lowest BCUT2D eigenvalue weighted by molar-refractivity contribution is -0.141. The fourth-order valence-corrected chi connectivity index (χ4v) is 1.60. The predicted octanol–water partition coefficient (Wildman–Crippen LogP) is 1.22. The molecule has 8 heteroatoms. The van der Waals surface area contributed by atoms with Crippen LogP contribution in [-0.2, 0) is 6.18 Å². The van der Waals surface area contributed by atoms with E-state index in [1.807, 2.05) is 14.1 Å². The molecule has 1 rings (SSSR count). The second kappa shape index (κ2) is 5.70. The quantitative estimate of drug-likeness (QED) is 0.848. The van der Waals surface area contributed by atoms with Crippen molar-refractivity contribution in [1.82, 2.24) is 15.1 Å². The molecule has 0 aliphatic rings. The van der Waals surface area contributed by atoms with E-state index in [4.69, 9.17) is 0 Å². The molecule has 0 aromatic carbocycles. The lowest BCUT2D eigenvalue weighted by Gasteiger charge is -2.27. The third-order valence-electron chi connectivity index (χ3n) is 2.26. The van der Waals surface area contributed by atoms with Crippen LogP contribution < -0.4 is 5.32 Å². The smallest absolute Gasteiger partial charge is 0.387 e. The summed E-state index contributed by atoms with van der Waals surface area (Å²) in [6.45, 7) is 2.19. The Morgan fingerprint density at radius 2 is 1.89 bits per heavy atom. The summed E-state index contributed by atoms with van der Waals surface area (Å²) in [6.07, 6.45) is -4.50. The third-order valence-corrected chi connectivity index (χ3v) is 2.26. The molecule has 0 spiro atoms. The van der Waals surface area contributed by atoms with Crippen LogP contribution in [0, 0.1) is 0 Å². The average molecular weight is 278 g/mol. The van der Waals surface area contributed by atoms with Crippen LogP contribution in [0.15, 0.2) is 12.1 Å². The van der Waals surface area contributed by atoms with Crippen molar-refractivity contribution in [3.05, 3.63) is 17.8 Å². The number of halogens is 3. The van der Waals surface area contributed by atoms with Gasteiger partial charge in [-0.3, -0.25) is 0 Å². The average Bonchev–Trinajstić information content (AvgIpc) is 2.24. The monoisotopic (exact) mass is 278 g/mol. The van der Waals surface area contributed by atoms with Crippen LogP contribution >= 0.6 is 0 Å². The molecule has 5 nitrogen and oxygen atoms in total. The maximum atomic E-state index is 12.3. The van der Waals surface area contributed by atoms with Crippen molar-refractivity contribution in [2.45, 2.75) is 18.7 Å². The number of nitrogens with one attached hydrogen (secondary N) is 1. The summed E-state index contributed by atoms with van der Waals surface area (Å²) in [4.78, 5) is 1.81. The molecule has 1 aromatic heterocycles. The Bertz CT molecular complexity index is 403. The third kappa shape index (κ3) is 5.39. The Balaban J connectivity index is 2.59. The molecular weight excluding hydrogens is 261 g/mol. The van der Waals surface area contributed by atoms with Crippen LogP contribution in [0.25, 0.3) is 0 Å². The van der Waals surface area contributed by atoms with Gasteiger partial charge < -0.3 is 15.3 Å². The first kappa shape index (κ1) is 15.6. The molecule has 1 aromatic rings. The highest BCUT2D eigenvalue weighted by Gasteiger charge is 2.33. The lowest BCUT2D eigenvalue weighted by Crippen LogP contribution is -2.43. The topological polar surface area (TPSA) is 61.3 Å². The highest BCUT2D eigenvalue weighted by molar-refractivity contribution is 5.33. The molecule has 19 heavy (non-hydrogen) atoms. The Kier molecular flexibility index (Phi) is 4.70. The van der Waals surface area contributed by atoms with Gasteiger partial charge >= 0.3 is 6.18 Å². The van der Waals surface area contributed by atoms with Gasteiger partial charge in [0.15, 0.2) is 5.69 Å². The maximum Gasteiger partial charge on any atom is 0.435 e. The molecule has 0 aliphatic carbocycles. The summed E-state index contributed by atoms with van der Waals surface area (Å²) in [5, 5.41) is 19.3. The summed E-state index contributed by atoms with van der Waals surface area (Å²) in [5.41, 5.74) is -2.06. The van der Waals surface area contributed by atoms with E-state index in [2.05, 4.69) is 15.5 Å². The standard InChI is InChI=1S/C11H17F3N4O/c1-10(19,7-18(2)3)6-15-9-5-4-8(16-17-9)11(12,13)14/h4-5,19H,6-7H2,1-3H3,(H,15,17). The van der Waals surface area contributed by atoms with Gasteiger partial charge in [-0.15, -0.1) is 10.2 Å². The Labute approximate surface area is 109 Å². The number of anilines is 1. The zero-order valence-corrected chi connectivity index (χ0v) is 11.0. The zero-order chi connectivity index (χ0) is 14.7. The van der Waals surface area contributed by atoms with E-state index in [9.17, 15) is 18.3 Å². The number of hydrogen-bond donors (Lipinski definition) is 2. The second-order valence-corrected chi connectivity index (χ2v) is 4.89. The number of alkyl halides is 3. The van der Waals surface area contributed by atoms with Crippen molar-refractivity contribution in [3.8, 4) is 0 Å². The van der Waals surface area contributed by atoms with Gasteiger partial charge in [-0.05, 0) is 33.2 Å². The number of hydrogen-bond acceptors (Lipinski definition) is 5. The highest BCUT2D eigenvalue weighted by atomic mass is 19.4. The Hall–Kier alpha value is -1.41. The van der Waals surface area contributed by atoms with E-state index in [1.165, 1.54) is 6.07 Å². The molecule has 0 radical (unpaired) electrons. The van der Waals surface area contributed by atoms with Crippen LogP contribution in [0.1, 0.15) is 12.6 Å². The predicted molar refractivity (Wildman–Crippen MR) is 64.7 cm³/mol. The number of aromatic nitrogens is 2. The van der Waals surface area contributed by atoms with E-state index < -0.39 is 17.5 Å². The molecule has 0 amide bonds. The van der Waals surface area contributed by atoms with E-state index in [0.29, 0.717) is 6.54 Å². The Morgan fingerprint density at radius 1 is 1.26 bits per heavy atom. The maximum absolute atomic E-state index is 12.3. The summed E-state index contributed by atoms with van der Waals surface area (Å²) < 4.78 is 36.8. The minimum Gasteiger partial charge on any atom is -0.387 e. The van der Waals surface area contributed by atoms with Crippen LogP contribution in [0.5, 0.6) is 0 Å². The summed E-state index contributed by atoms with van der Waals surface area (Å²) >= 11 is 0. The molecule has 0 fully saturated rings. The molecule has 1 atom stereocenters. The molecule has 108 valence electrons. The van der Waals surface area contributed by atoms with Crippen molar-refractivity contribution in [3.63, 3.8) is 0 Å². The van der Waals surface area contributed by atoms with Gasteiger partial charge in [0, 0.05) is 13.1 Å². The van der Waals surface area contributed by atoms with Crippen LogP contribution in [0.3, 0.4) is 0 Å². The van der Waals surface area contributed by atoms with E-state index in [-0.39, 0.29) is 12.4 Å². The normalized spacial score (nSPS) is 15.4. The largest absolute Gasteiger partial charge is 0.435 e. The summed E-state index contributed by atoms with van der Waals surface area (Å²) in [6, 6.07) is 2.03. The van der Waals surface area contributed by atoms with Gasteiger partial charge in [-0.2, -0.15) is 13.2 Å². The number of likely N-dealkylation sites (N-methyl/N-ethyl adjacent to an activating group) is 1. The van der Waals surface area contributed by atoms with Gasteiger partial charge in [0.05, 0.1) is 5.60 Å². The molecule has 0 saturated heterocycles. The van der Waals surface area contributed by atoms with Crippen LogP contribution in [-0.4, -0.2) is 53.0 Å². The number of nitrogens with zero attached hydrogens (tertiary/aromatic N) is 3. The molecular formula is C11H17F3N4O. The number of aliphatic hydroxyl groups is 1. The molecule has 1 heterocycles. The van der Waals surface area contributed by atoms with Crippen molar-refractivity contribution >= 4 is 5.82 Å². The summed E-state index contributed by atoms with van der Waals surface area (Å²) in [5.74, 6) is 0.187. The van der Waals surface area contributed by atoms with E-state index >= 15 is 0 Å². The second-order valence-electron chi connectivity index (χ2n) is 4.89. The molecule has 1 unspecified atom stereocenters. The van der Waals surface area contributed by atoms with Crippen molar-refractivity contribution < 1.29 is 18.3 Å². The molecule has 0 bridgehead atoms. The van der Waals surface area contributed by atoms with Gasteiger partial charge in [-0.25, -0.2) is 0 Å². The Morgan fingerprint density at radius 3 is 2.32 bits per heavy atom. The minimum atomic E-state index is -4.50. The van der Waals surface area contributed by atoms with Gasteiger partial charge in [-0.1, -0.05) is 0 Å². The number of rotatable bonds is 5. The molecule has 2 N–H and O–H groups in total. The van der Waals surface area contributed by atoms with Crippen LogP contribution in [0.4, 0.5) is 19.0 Å². The first-order chi connectivity index (χ1) is 8.60. The fraction of sp³-hybridized carbons (Fsp3) is 0.636. The van der Waals surface area contributed by atoms with E-state index in [1.54, 1.807) is 11.8 Å². The molecule has 0 aliphatic heterocycles. The first-order valence-corrected chi connectivity index (χ1v) is 5.62. The van der Waals surface area contributed by atoms with Crippen molar-refractivity contribution in [2.24, 2.45) is 0 Å². The lowest BCUT2D eigenvalue weighted by atomic mass is 10.1. The SMILES string of the molecule is CN(C)CC(C)(O)CNc1ccc(C(F)(F)F)nn1. The van der Waals surface area contributed by atoms with Crippen molar-refractivity contribution in [2.75, 3.05) is 32.5 Å². The van der Waals surface area contributed by atoms with Crippen LogP contribution in [0.2, 0.25) is 0 Å². The zero-order valence-electron chi connectivity index (χ0n) is 11.0. The highest BCUT2D eigenvalue weighted by Crippen LogP contribution is 2.27. The van der Waals surface area contributed by atoms with Crippen molar-refractivity contribution in [1.29, 1.82) is 0 Å². The fourth-order valence-electron chi connectivity index (χ4n) is 1.60. The molecule has 0 saturated carbocycles. The van der Waals surface area contributed by atoms with E-state index in [0.717, 1.165) is 6.07 Å². The van der Waals surface area contributed by atoms with Gasteiger partial charge in [0.2, 0.25) is 0 Å². The summed E-state index contributed by atoms with van der Waals surface area (Å²) in [7, 11) is 3.62. The minimum absolute atomic E-state index is 0.158. The van der Waals surface area contributed by atoms with Gasteiger partial charge in [0.25, 0.3) is 0 Å².